The van der Waals surface area contributed by atoms with Crippen molar-refractivity contribution in [3.05, 3.63) is 29.5 Å². The molecule has 0 aromatic carbocycles. The summed E-state index contributed by atoms with van der Waals surface area (Å²) in [5.41, 5.74) is 0.405. The molecule has 2 heterocycles. The van der Waals surface area contributed by atoms with E-state index in [1.807, 2.05) is 0 Å². The fraction of sp³-hybridized carbons (Fsp3) is 0.250. The van der Waals surface area contributed by atoms with Crippen LogP contribution < -0.4 is 5.14 Å². The first-order chi connectivity index (χ1) is 7.49. The first-order valence-corrected chi connectivity index (χ1v) is 7.72. The highest BCUT2D eigenvalue weighted by molar-refractivity contribution is 9.09. The van der Waals surface area contributed by atoms with Gasteiger partial charge in [-0.3, -0.25) is 0 Å². The van der Waals surface area contributed by atoms with Crippen molar-refractivity contribution in [2.75, 3.05) is 5.33 Å². The monoisotopic (exact) mass is 325 g/mol. The molecule has 1 aliphatic rings. The Kier molecular flexibility index (Phi) is 2.99. The first-order valence-electron chi connectivity index (χ1n) is 4.17. The van der Waals surface area contributed by atoms with Crippen molar-refractivity contribution in [1.29, 1.82) is 0 Å². The van der Waals surface area contributed by atoms with Crippen LogP contribution in [0.15, 0.2) is 28.2 Å². The summed E-state index contributed by atoms with van der Waals surface area (Å²) in [5.74, 6) is -1.14. The molecule has 8 heteroatoms. The van der Waals surface area contributed by atoms with Gasteiger partial charge in [-0.05, 0) is 11.4 Å². The van der Waals surface area contributed by atoms with Gasteiger partial charge in [-0.15, -0.1) is 11.3 Å². The van der Waals surface area contributed by atoms with Crippen LogP contribution in [0.1, 0.15) is 5.56 Å². The molecule has 1 aromatic heterocycles. The fourth-order valence-electron chi connectivity index (χ4n) is 1.36. The van der Waals surface area contributed by atoms with Gasteiger partial charge in [0.1, 0.15) is 16.7 Å². The smallest absolute Gasteiger partial charge is 0.288 e. The Morgan fingerprint density at radius 2 is 2.06 bits per heavy atom. The van der Waals surface area contributed by atoms with Gasteiger partial charge in [0.25, 0.3) is 5.79 Å². The molecular formula is C8H8BrNO4S2. The van der Waals surface area contributed by atoms with Crippen LogP contribution in [0.4, 0.5) is 0 Å². The van der Waals surface area contributed by atoms with E-state index in [0.29, 0.717) is 10.9 Å². The number of halogens is 1. The number of alkyl halides is 1. The van der Waals surface area contributed by atoms with Crippen molar-refractivity contribution in [2.24, 2.45) is 5.14 Å². The quantitative estimate of drug-likeness (QED) is 0.853. The number of nitrogens with two attached hydrogens (primary N) is 1. The Morgan fingerprint density at radius 3 is 2.56 bits per heavy atom. The van der Waals surface area contributed by atoms with E-state index >= 15 is 0 Å². The Bertz CT molecular complexity index is 514. The lowest BCUT2D eigenvalue weighted by Gasteiger charge is -2.25. The lowest BCUT2D eigenvalue weighted by atomic mass is 10.2. The molecule has 1 aliphatic heterocycles. The third-order valence-corrected chi connectivity index (χ3v) is 5.21. The molecule has 0 spiro atoms. The van der Waals surface area contributed by atoms with Gasteiger partial charge in [0, 0.05) is 0 Å². The third-order valence-electron chi connectivity index (χ3n) is 2.05. The summed E-state index contributed by atoms with van der Waals surface area (Å²) in [6, 6.07) is 1.62. The van der Waals surface area contributed by atoms with Gasteiger partial charge in [-0.25, -0.2) is 13.6 Å². The van der Waals surface area contributed by atoms with E-state index in [-0.39, 0.29) is 4.21 Å². The van der Waals surface area contributed by atoms with Gasteiger partial charge in [-0.2, -0.15) is 0 Å². The molecule has 2 rings (SSSR count). The van der Waals surface area contributed by atoms with Gasteiger partial charge >= 0.3 is 0 Å². The predicted molar refractivity (Wildman–Crippen MR) is 62.5 cm³/mol. The van der Waals surface area contributed by atoms with Crippen LogP contribution >= 0.6 is 27.3 Å². The van der Waals surface area contributed by atoms with E-state index in [1.54, 1.807) is 11.4 Å². The van der Waals surface area contributed by atoms with Gasteiger partial charge < -0.3 is 9.47 Å². The number of rotatable bonds is 3. The second-order valence-electron chi connectivity index (χ2n) is 3.06. The van der Waals surface area contributed by atoms with Crippen molar-refractivity contribution in [3.63, 3.8) is 0 Å². The van der Waals surface area contributed by atoms with Crippen LogP contribution in [0.5, 0.6) is 0 Å². The number of primary sulfonamides is 1. The topological polar surface area (TPSA) is 78.6 Å². The SMILES string of the molecule is NS(=O)(=O)c1sccc1C1(CBr)OC=CO1. The van der Waals surface area contributed by atoms with Crippen molar-refractivity contribution < 1.29 is 17.9 Å². The summed E-state index contributed by atoms with van der Waals surface area (Å²) < 4.78 is 33.4. The number of thiophene rings is 1. The maximum atomic E-state index is 11.4. The summed E-state index contributed by atoms with van der Waals surface area (Å²) in [4.78, 5) is 0. The average Bonchev–Trinajstić information content (AvgIpc) is 2.86. The van der Waals surface area contributed by atoms with Crippen molar-refractivity contribution >= 4 is 37.3 Å². The summed E-state index contributed by atoms with van der Waals surface area (Å²) in [6.45, 7) is 0. The van der Waals surface area contributed by atoms with E-state index in [1.165, 1.54) is 12.5 Å². The molecule has 0 amide bonds. The van der Waals surface area contributed by atoms with Crippen LogP contribution in [-0.4, -0.2) is 13.7 Å². The fourth-order valence-corrected chi connectivity index (χ4v) is 3.84. The normalized spacial score (nSPS) is 18.1. The summed E-state index contributed by atoms with van der Waals surface area (Å²) in [6.07, 6.45) is 2.73. The minimum atomic E-state index is -3.77. The molecule has 88 valence electrons. The molecule has 0 atom stereocenters. The highest BCUT2D eigenvalue weighted by atomic mass is 79.9. The van der Waals surface area contributed by atoms with Crippen LogP contribution in [0.25, 0.3) is 0 Å². The lowest BCUT2D eigenvalue weighted by molar-refractivity contribution is -0.129. The zero-order valence-electron chi connectivity index (χ0n) is 7.92. The van der Waals surface area contributed by atoms with Crippen molar-refractivity contribution in [2.45, 2.75) is 10.00 Å². The second-order valence-corrected chi connectivity index (χ2v) is 6.29. The Hall–Kier alpha value is -0.570. The van der Waals surface area contributed by atoms with E-state index in [4.69, 9.17) is 14.6 Å². The highest BCUT2D eigenvalue weighted by Gasteiger charge is 2.41. The highest BCUT2D eigenvalue weighted by Crippen LogP contribution is 2.39. The summed E-state index contributed by atoms with van der Waals surface area (Å²) in [5, 5.41) is 7.05. The molecule has 0 radical (unpaired) electrons. The molecule has 0 unspecified atom stereocenters. The van der Waals surface area contributed by atoms with Crippen LogP contribution in [0.3, 0.4) is 0 Å². The van der Waals surface area contributed by atoms with Crippen molar-refractivity contribution in [1.82, 2.24) is 0 Å². The number of hydrogen-bond donors (Lipinski definition) is 1. The average molecular weight is 326 g/mol. The molecule has 16 heavy (non-hydrogen) atoms. The number of hydrogen-bond acceptors (Lipinski definition) is 5. The molecular weight excluding hydrogens is 318 g/mol. The first kappa shape index (κ1) is 11.9. The molecule has 0 bridgehead atoms. The third kappa shape index (κ3) is 1.86. The molecule has 1 aromatic rings. The van der Waals surface area contributed by atoms with E-state index in [0.717, 1.165) is 11.3 Å². The predicted octanol–water partition coefficient (Wildman–Crippen LogP) is 1.46. The maximum absolute atomic E-state index is 11.4. The summed E-state index contributed by atoms with van der Waals surface area (Å²) in [7, 11) is -3.77. The van der Waals surface area contributed by atoms with Gasteiger partial charge in [0.2, 0.25) is 10.0 Å². The maximum Gasteiger partial charge on any atom is 0.288 e. The minimum absolute atomic E-state index is 0.0515. The Balaban J connectivity index is 2.52. The number of sulfonamides is 1. The largest absolute Gasteiger partial charge is 0.452 e. The Labute approximate surface area is 105 Å². The number of ether oxygens (including phenoxy) is 2. The molecule has 0 fully saturated rings. The summed E-state index contributed by atoms with van der Waals surface area (Å²) >= 11 is 4.27. The standard InChI is InChI=1S/C8H8BrNO4S2/c9-5-8(13-2-3-14-8)6-1-4-15-7(6)16(10,11)12/h1-4H,5H2,(H2,10,11,12). The van der Waals surface area contributed by atoms with Gasteiger partial charge in [-0.1, -0.05) is 15.9 Å². The van der Waals surface area contributed by atoms with Crippen LogP contribution in [0, 0.1) is 0 Å². The van der Waals surface area contributed by atoms with Crippen LogP contribution in [-0.2, 0) is 25.3 Å². The molecule has 5 nitrogen and oxygen atoms in total. The van der Waals surface area contributed by atoms with Gasteiger partial charge in [0.05, 0.1) is 10.9 Å². The van der Waals surface area contributed by atoms with Gasteiger partial charge in [0.15, 0.2) is 0 Å². The molecule has 0 saturated heterocycles. The second kappa shape index (κ2) is 4.02. The zero-order valence-corrected chi connectivity index (χ0v) is 11.1. The molecule has 2 N–H and O–H groups in total. The molecule has 0 aliphatic carbocycles. The van der Waals surface area contributed by atoms with E-state index < -0.39 is 15.8 Å². The molecule has 0 saturated carbocycles. The van der Waals surface area contributed by atoms with E-state index in [9.17, 15) is 8.42 Å². The lowest BCUT2D eigenvalue weighted by Crippen LogP contribution is -2.30. The zero-order chi connectivity index (χ0) is 11.8. The minimum Gasteiger partial charge on any atom is -0.452 e. The van der Waals surface area contributed by atoms with Crippen LogP contribution in [0.2, 0.25) is 0 Å². The van der Waals surface area contributed by atoms with E-state index in [2.05, 4.69) is 15.9 Å². The Morgan fingerprint density at radius 1 is 1.44 bits per heavy atom. The van der Waals surface area contributed by atoms with Crippen molar-refractivity contribution in [3.8, 4) is 0 Å².